The number of fused-ring (bicyclic) bond motifs is 4. The molecule has 0 aromatic carbocycles. The third-order valence-electron chi connectivity index (χ3n) is 5.55. The Hall–Kier alpha value is -1.58. The minimum atomic E-state index is -0.399. The molecule has 1 saturated carbocycles. The lowest BCUT2D eigenvalue weighted by Crippen LogP contribution is -2.31. The van der Waals surface area contributed by atoms with Gasteiger partial charge < -0.3 is 9.47 Å². The smallest absolute Gasteiger partial charge is 0.334 e. The van der Waals surface area contributed by atoms with Gasteiger partial charge in [0.1, 0.15) is 0 Å². The number of carbonyl (C=O) groups excluding carboxylic acids is 2. The molecular formula is C17H22O4. The molecule has 114 valence electrons. The molecule has 2 bridgehead atoms. The lowest BCUT2D eigenvalue weighted by molar-refractivity contribution is -0.140. The summed E-state index contributed by atoms with van der Waals surface area (Å²) in [5.74, 6) is 0.303. The van der Waals surface area contributed by atoms with Gasteiger partial charge in [0.2, 0.25) is 0 Å². The van der Waals surface area contributed by atoms with Crippen LogP contribution in [0.2, 0.25) is 0 Å². The van der Waals surface area contributed by atoms with Crippen LogP contribution in [0.25, 0.3) is 0 Å². The van der Waals surface area contributed by atoms with E-state index in [0.29, 0.717) is 23.0 Å². The van der Waals surface area contributed by atoms with E-state index >= 15 is 0 Å². The molecule has 0 amide bonds. The Morgan fingerprint density at radius 2 is 1.24 bits per heavy atom. The van der Waals surface area contributed by atoms with Crippen LogP contribution in [0.1, 0.15) is 33.1 Å². The second kappa shape index (κ2) is 5.00. The van der Waals surface area contributed by atoms with Crippen LogP contribution in [0.5, 0.6) is 0 Å². The summed E-state index contributed by atoms with van der Waals surface area (Å²) in [5, 5.41) is 0. The average molecular weight is 290 g/mol. The zero-order valence-electron chi connectivity index (χ0n) is 13.1. The lowest BCUT2D eigenvalue weighted by atomic mass is 9.69. The van der Waals surface area contributed by atoms with Crippen LogP contribution in [0.15, 0.2) is 22.3 Å². The second-order valence-electron chi connectivity index (χ2n) is 6.37. The van der Waals surface area contributed by atoms with E-state index in [1.165, 1.54) is 44.6 Å². The number of allylic oxidation sites excluding steroid dienone is 2. The number of hydrogen-bond acceptors (Lipinski definition) is 4. The third-order valence-corrected chi connectivity index (χ3v) is 5.55. The van der Waals surface area contributed by atoms with Gasteiger partial charge in [0.25, 0.3) is 0 Å². The van der Waals surface area contributed by atoms with Gasteiger partial charge >= 0.3 is 11.9 Å². The maximum absolute atomic E-state index is 12.2. The van der Waals surface area contributed by atoms with Crippen LogP contribution in [0.3, 0.4) is 0 Å². The molecule has 0 spiro atoms. The third kappa shape index (κ3) is 1.88. The minimum absolute atomic E-state index is 0.0342. The Morgan fingerprint density at radius 1 is 0.857 bits per heavy atom. The second-order valence-corrected chi connectivity index (χ2v) is 6.37. The van der Waals surface area contributed by atoms with Gasteiger partial charge in [0.15, 0.2) is 0 Å². The quantitative estimate of drug-likeness (QED) is 0.579. The molecule has 0 aromatic heterocycles. The Bertz CT molecular complexity index is 521. The van der Waals surface area contributed by atoms with Crippen LogP contribution in [0.4, 0.5) is 0 Å². The number of methoxy groups -OCH3 is 2. The average Bonchev–Trinajstić information content (AvgIpc) is 3.10. The fourth-order valence-corrected chi connectivity index (χ4v) is 4.80. The van der Waals surface area contributed by atoms with E-state index in [4.69, 9.17) is 9.47 Å². The number of ether oxygens (including phenoxy) is 2. The van der Waals surface area contributed by atoms with Crippen LogP contribution in [-0.2, 0) is 19.1 Å². The van der Waals surface area contributed by atoms with Gasteiger partial charge in [-0.3, -0.25) is 0 Å². The molecule has 0 radical (unpaired) electrons. The van der Waals surface area contributed by atoms with E-state index in [2.05, 4.69) is 0 Å². The lowest BCUT2D eigenvalue weighted by Gasteiger charge is -2.35. The monoisotopic (exact) mass is 290 g/mol. The van der Waals surface area contributed by atoms with Crippen molar-refractivity contribution < 1.29 is 19.1 Å². The first-order valence-corrected chi connectivity index (χ1v) is 7.65. The summed E-state index contributed by atoms with van der Waals surface area (Å²) in [6, 6.07) is 0. The van der Waals surface area contributed by atoms with Crippen molar-refractivity contribution in [2.45, 2.75) is 33.1 Å². The van der Waals surface area contributed by atoms with Crippen molar-refractivity contribution in [3.8, 4) is 0 Å². The van der Waals surface area contributed by atoms with Crippen molar-refractivity contribution in [3.63, 3.8) is 0 Å². The molecule has 0 saturated heterocycles. The van der Waals surface area contributed by atoms with E-state index in [0.717, 1.165) is 0 Å². The Balaban J connectivity index is 2.13. The van der Waals surface area contributed by atoms with Crippen molar-refractivity contribution in [1.82, 2.24) is 0 Å². The summed E-state index contributed by atoms with van der Waals surface area (Å²) in [6.45, 7) is 4.05. The van der Waals surface area contributed by atoms with E-state index in [-0.39, 0.29) is 11.8 Å². The molecule has 4 nitrogen and oxygen atoms in total. The molecule has 0 unspecified atom stereocenters. The summed E-state index contributed by atoms with van der Waals surface area (Å²) >= 11 is 0. The van der Waals surface area contributed by atoms with Crippen molar-refractivity contribution in [3.05, 3.63) is 22.3 Å². The molecule has 0 aliphatic heterocycles. The Labute approximate surface area is 125 Å². The standard InChI is InChI=1S/C17H22O4/c1-8-12-10-5-6-11(7-10)13(12)9(2)15(17(19)21-4)14(8)16(18)20-3/h8-11H,5-7H2,1-4H3/t8-,9-,10-,11-/m1/s1. The van der Waals surface area contributed by atoms with Crippen LogP contribution >= 0.6 is 0 Å². The summed E-state index contributed by atoms with van der Waals surface area (Å²) < 4.78 is 9.87. The molecule has 3 aliphatic carbocycles. The van der Waals surface area contributed by atoms with Crippen LogP contribution < -0.4 is 0 Å². The maximum Gasteiger partial charge on any atom is 0.334 e. The Morgan fingerprint density at radius 3 is 1.57 bits per heavy atom. The molecule has 21 heavy (non-hydrogen) atoms. The molecule has 1 fully saturated rings. The molecule has 0 heterocycles. The van der Waals surface area contributed by atoms with Gasteiger partial charge in [-0.1, -0.05) is 25.0 Å². The first kappa shape index (κ1) is 14.4. The number of esters is 2. The highest BCUT2D eigenvalue weighted by Gasteiger charge is 2.49. The predicted molar refractivity (Wildman–Crippen MR) is 77.2 cm³/mol. The minimum Gasteiger partial charge on any atom is -0.466 e. The maximum atomic E-state index is 12.2. The Kier molecular flexibility index (Phi) is 3.42. The van der Waals surface area contributed by atoms with Gasteiger partial charge in [0, 0.05) is 11.8 Å². The number of rotatable bonds is 2. The first-order chi connectivity index (χ1) is 10.0. The van der Waals surface area contributed by atoms with E-state index in [1.807, 2.05) is 13.8 Å². The van der Waals surface area contributed by atoms with E-state index in [1.54, 1.807) is 0 Å². The highest BCUT2D eigenvalue weighted by molar-refractivity contribution is 6.02. The molecule has 4 heteroatoms. The largest absolute Gasteiger partial charge is 0.466 e. The summed E-state index contributed by atoms with van der Waals surface area (Å²) in [4.78, 5) is 24.5. The zero-order valence-corrected chi connectivity index (χ0v) is 13.1. The molecular weight excluding hydrogens is 268 g/mol. The zero-order chi connectivity index (χ0) is 15.3. The van der Waals surface area contributed by atoms with E-state index in [9.17, 15) is 9.59 Å². The molecule has 4 atom stereocenters. The summed E-state index contributed by atoms with van der Waals surface area (Å²) in [6.07, 6.45) is 3.60. The molecule has 0 aromatic rings. The van der Waals surface area contributed by atoms with Gasteiger partial charge in [-0.15, -0.1) is 0 Å². The number of hydrogen-bond donors (Lipinski definition) is 0. The topological polar surface area (TPSA) is 52.6 Å². The molecule has 3 rings (SSSR count). The van der Waals surface area contributed by atoms with E-state index < -0.39 is 11.9 Å². The number of carbonyl (C=O) groups is 2. The van der Waals surface area contributed by atoms with Gasteiger partial charge in [0.05, 0.1) is 25.4 Å². The van der Waals surface area contributed by atoms with Crippen molar-refractivity contribution in [2.75, 3.05) is 14.2 Å². The van der Waals surface area contributed by atoms with Crippen LogP contribution in [0, 0.1) is 23.7 Å². The first-order valence-electron chi connectivity index (χ1n) is 7.65. The fraction of sp³-hybridized carbons (Fsp3) is 0.647. The van der Waals surface area contributed by atoms with Crippen molar-refractivity contribution in [2.24, 2.45) is 23.7 Å². The summed E-state index contributed by atoms with van der Waals surface area (Å²) in [7, 11) is 2.73. The van der Waals surface area contributed by atoms with Crippen molar-refractivity contribution >= 4 is 11.9 Å². The van der Waals surface area contributed by atoms with Crippen molar-refractivity contribution in [1.29, 1.82) is 0 Å². The van der Waals surface area contributed by atoms with Crippen LogP contribution in [-0.4, -0.2) is 26.2 Å². The molecule has 3 aliphatic rings. The van der Waals surface area contributed by atoms with Gasteiger partial charge in [-0.25, -0.2) is 9.59 Å². The highest BCUT2D eigenvalue weighted by Crippen LogP contribution is 2.58. The SMILES string of the molecule is COC(=O)C1=C(C(=O)OC)[C@H](C)C2=C([C@@H]3CC[C@@H]2C3)[C@H]1C. The highest BCUT2D eigenvalue weighted by atomic mass is 16.5. The fourth-order valence-electron chi connectivity index (χ4n) is 4.80. The normalized spacial score (nSPS) is 34.1. The predicted octanol–water partition coefficient (Wildman–Crippen LogP) is 2.64. The summed E-state index contributed by atoms with van der Waals surface area (Å²) in [5.41, 5.74) is 3.80. The van der Waals surface area contributed by atoms with Gasteiger partial charge in [-0.2, -0.15) is 0 Å². The molecule has 0 N–H and O–H groups in total. The van der Waals surface area contributed by atoms with Gasteiger partial charge in [-0.05, 0) is 31.1 Å².